The molecule has 81 heavy (non-hydrogen) atoms. The van der Waals surface area contributed by atoms with Gasteiger partial charge in [0.05, 0.1) is 134 Å². The second kappa shape index (κ2) is 28.2. The number of carboxylic acid groups (broad SMARTS) is 1. The molecule has 0 saturated carbocycles. The Morgan fingerprint density at radius 2 is 1.20 bits per heavy atom. The molecule has 4 aliphatic heterocycles. The highest BCUT2D eigenvalue weighted by molar-refractivity contribution is 7.89. The monoisotopic (exact) mass is 1170 g/mol. The molecule has 0 bridgehead atoms. The van der Waals surface area contributed by atoms with E-state index in [0.29, 0.717) is 95.1 Å². The number of rotatable bonds is 33. The zero-order valence-electron chi connectivity index (χ0n) is 46.6. The molecule has 0 aromatic heterocycles. The van der Waals surface area contributed by atoms with Gasteiger partial charge in [-0.25, -0.2) is 22.7 Å². The van der Waals surface area contributed by atoms with Gasteiger partial charge in [-0.05, 0) is 87.3 Å². The van der Waals surface area contributed by atoms with Gasteiger partial charge in [0.25, 0.3) is 21.9 Å². The molecular weight excluding hydrogens is 1100 g/mol. The highest BCUT2D eigenvalue weighted by atomic mass is 32.2. The third kappa shape index (κ3) is 16.6. The Morgan fingerprint density at radius 3 is 1.73 bits per heavy atom. The van der Waals surface area contributed by atoms with E-state index in [9.17, 15) is 45.7 Å². The second-order valence-corrected chi connectivity index (χ2v) is 24.2. The van der Waals surface area contributed by atoms with Crippen molar-refractivity contribution >= 4 is 55.2 Å². The highest BCUT2D eigenvalue weighted by Gasteiger charge is 2.42. The van der Waals surface area contributed by atoms with Crippen molar-refractivity contribution < 1.29 is 93.1 Å². The number of aromatic carboxylic acids is 1. The molecule has 0 aliphatic carbocycles. The number of fused-ring (bicyclic) bond motifs is 4. The summed E-state index contributed by atoms with van der Waals surface area (Å²) in [4.78, 5) is 56.2. The van der Waals surface area contributed by atoms with Gasteiger partial charge >= 0.3 is 11.9 Å². The summed E-state index contributed by atoms with van der Waals surface area (Å²) in [6.45, 7) is 15.6. The zero-order chi connectivity index (χ0) is 58.5. The Balaban J connectivity index is 0.840. The van der Waals surface area contributed by atoms with Crippen molar-refractivity contribution in [3.8, 4) is 11.5 Å². The predicted molar refractivity (Wildman–Crippen MR) is 290 cm³/mol. The van der Waals surface area contributed by atoms with Crippen molar-refractivity contribution in [1.29, 1.82) is 0 Å². The Labute approximate surface area is 471 Å². The van der Waals surface area contributed by atoms with Crippen molar-refractivity contribution in [2.24, 2.45) is 4.99 Å². The summed E-state index contributed by atoms with van der Waals surface area (Å²) < 4.78 is 121. The maximum Gasteiger partial charge on any atom is 0.336 e. The van der Waals surface area contributed by atoms with Gasteiger partial charge in [-0.2, -0.15) is 8.42 Å². The molecule has 26 heteroatoms. The first-order valence-electron chi connectivity index (χ1n) is 27.0. The van der Waals surface area contributed by atoms with E-state index in [0.717, 1.165) is 0 Å². The van der Waals surface area contributed by atoms with Crippen LogP contribution in [0.5, 0.6) is 11.5 Å². The minimum Gasteiger partial charge on any atom is -0.478 e. The molecule has 4 aliphatic rings. The van der Waals surface area contributed by atoms with Crippen LogP contribution in [0.3, 0.4) is 0 Å². The van der Waals surface area contributed by atoms with Crippen molar-refractivity contribution in [2.45, 2.75) is 106 Å². The lowest BCUT2D eigenvalue weighted by atomic mass is 9.79. The van der Waals surface area contributed by atoms with Crippen LogP contribution in [0.15, 0.2) is 51.2 Å². The molecule has 3 aromatic carbocycles. The molecule has 3 aromatic rings. The average Bonchev–Trinajstić information content (AvgIpc) is 3.82. The van der Waals surface area contributed by atoms with Crippen LogP contribution in [0.4, 0.5) is 5.69 Å². The number of anilines is 1. The quantitative estimate of drug-likeness (QED) is 0.0298. The van der Waals surface area contributed by atoms with Crippen LogP contribution >= 0.6 is 0 Å². The normalized spacial score (nSPS) is 18.1. The summed E-state index contributed by atoms with van der Waals surface area (Å²) in [7, 11) is -9.68. The van der Waals surface area contributed by atoms with E-state index in [-0.39, 0.29) is 132 Å². The number of sulfonamides is 1. The van der Waals surface area contributed by atoms with Gasteiger partial charge in [0, 0.05) is 41.3 Å². The molecule has 24 nitrogen and oxygen atoms in total. The maximum absolute atomic E-state index is 14.9. The summed E-state index contributed by atoms with van der Waals surface area (Å²) in [5.41, 5.74) is 0.508. The van der Waals surface area contributed by atoms with Crippen molar-refractivity contribution in [3.05, 3.63) is 74.8 Å². The van der Waals surface area contributed by atoms with Crippen molar-refractivity contribution in [3.63, 3.8) is 0 Å². The van der Waals surface area contributed by atoms with Crippen LogP contribution in [-0.2, 0) is 77.3 Å². The fraction of sp³-hybridized carbons (Fsp3) is 0.582. The molecule has 446 valence electrons. The average molecular weight is 1180 g/mol. The number of hydrogen-bond donors (Lipinski definition) is 4. The molecule has 1 saturated heterocycles. The van der Waals surface area contributed by atoms with Gasteiger partial charge < -0.3 is 57.9 Å². The predicted octanol–water partition coefficient (Wildman–Crippen LogP) is 4.00. The summed E-state index contributed by atoms with van der Waals surface area (Å²) in [5.74, 6) is -4.16. The van der Waals surface area contributed by atoms with Crippen molar-refractivity contribution in [2.75, 3.05) is 118 Å². The van der Waals surface area contributed by atoms with E-state index in [1.807, 2.05) is 41.5 Å². The number of benzene rings is 3. The van der Waals surface area contributed by atoms with Gasteiger partial charge in [-0.3, -0.25) is 19.1 Å². The Bertz CT molecular complexity index is 3120. The molecule has 2 atom stereocenters. The maximum atomic E-state index is 14.9. The third-order valence-corrected chi connectivity index (χ3v) is 16.0. The Hall–Kier alpha value is -5.49. The number of nitrogens with one attached hydrogen (secondary N) is 2. The summed E-state index contributed by atoms with van der Waals surface area (Å²) in [6.07, 6.45) is 1.10. The van der Waals surface area contributed by atoms with Crippen LogP contribution in [0.1, 0.15) is 118 Å². The van der Waals surface area contributed by atoms with Gasteiger partial charge in [-0.15, -0.1) is 5.06 Å². The first kappa shape index (κ1) is 63.1. The van der Waals surface area contributed by atoms with Gasteiger partial charge in [0.1, 0.15) is 4.90 Å². The number of nitrogens with zero attached hydrogens (tertiary/aromatic N) is 2. The molecule has 4 N–H and O–H groups in total. The lowest BCUT2D eigenvalue weighted by molar-refractivity contribution is -0.198. The van der Waals surface area contributed by atoms with Crippen LogP contribution < -0.4 is 25.4 Å². The fourth-order valence-corrected chi connectivity index (χ4v) is 12.3. The number of amides is 2. The summed E-state index contributed by atoms with van der Waals surface area (Å²) in [5, 5.41) is 14.6. The topological polar surface area (TPSA) is 309 Å². The number of hydroxylamine groups is 2. The largest absolute Gasteiger partial charge is 0.478 e. The summed E-state index contributed by atoms with van der Waals surface area (Å²) in [6, 6.07) is 9.69. The number of carboxylic acids is 1. The molecule has 4 heterocycles. The van der Waals surface area contributed by atoms with Crippen LogP contribution in [0.25, 0.3) is 5.57 Å². The number of hydrogen-bond acceptors (Lipinski definition) is 20. The van der Waals surface area contributed by atoms with E-state index in [2.05, 4.69) is 10.0 Å². The van der Waals surface area contributed by atoms with Crippen LogP contribution in [0.2, 0.25) is 0 Å². The SMILES string of the molecule is CC1CC(C)(C)Nc2c1cc1c(c2S(=O)(=O)NCCOCCOCCOCCOCCOCCOCCOCCOCCC(=O)ON2C(=O)CCC2=O)Oc2c(S(=O)(=O)O)c3c(cc2=C1c1ccccc1C(=O)O)C(C)CC(C)(C)N=3. The molecule has 7 rings (SSSR count). The second-order valence-electron chi connectivity index (χ2n) is 21.1. The molecule has 2 unspecified atom stereocenters. The Morgan fingerprint density at radius 1 is 0.691 bits per heavy atom. The molecule has 0 spiro atoms. The number of carbonyl (C=O) groups excluding carboxylic acids is 3. The number of ether oxygens (including phenoxy) is 9. The molecular formula is C55H74N4O20S2. The van der Waals surface area contributed by atoms with Gasteiger partial charge in [0.15, 0.2) is 16.4 Å². The van der Waals surface area contributed by atoms with E-state index in [4.69, 9.17) is 52.5 Å². The van der Waals surface area contributed by atoms with E-state index < -0.39 is 59.9 Å². The minimum absolute atomic E-state index is 0.0127. The van der Waals surface area contributed by atoms with E-state index in [1.54, 1.807) is 30.3 Å². The number of carbonyl (C=O) groups is 4. The third-order valence-electron chi connectivity index (χ3n) is 13.6. The van der Waals surface area contributed by atoms with E-state index >= 15 is 0 Å². The smallest absolute Gasteiger partial charge is 0.336 e. The van der Waals surface area contributed by atoms with Gasteiger partial charge in [0.2, 0.25) is 10.0 Å². The molecule has 1 fully saturated rings. The number of imide groups is 1. The van der Waals surface area contributed by atoms with Crippen LogP contribution in [0, 0.1) is 0 Å². The lowest BCUT2D eigenvalue weighted by Gasteiger charge is -2.40. The van der Waals surface area contributed by atoms with Crippen LogP contribution in [-0.4, -0.2) is 179 Å². The van der Waals surface area contributed by atoms with Gasteiger partial charge in [-0.1, -0.05) is 32.0 Å². The lowest BCUT2D eigenvalue weighted by Crippen LogP contribution is -2.40. The first-order valence-corrected chi connectivity index (χ1v) is 29.9. The van der Waals surface area contributed by atoms with E-state index in [1.165, 1.54) is 6.07 Å². The zero-order valence-corrected chi connectivity index (χ0v) is 48.3. The van der Waals surface area contributed by atoms with Crippen molar-refractivity contribution in [1.82, 2.24) is 9.79 Å². The first-order chi connectivity index (χ1) is 38.5. The molecule has 0 radical (unpaired) electrons. The Kier molecular flexibility index (Phi) is 22.0. The minimum atomic E-state index is -5.13. The highest BCUT2D eigenvalue weighted by Crippen LogP contribution is 2.52. The summed E-state index contributed by atoms with van der Waals surface area (Å²) >= 11 is 0. The molecule has 2 amide bonds. The fourth-order valence-electron chi connectivity index (χ4n) is 10.2. The standard InChI is InChI=1S/C55H74N4O20S2/c1-35-33-54(3,4)57-47-39(35)31-41-46(37-9-7-8-10-38(37)53(63)64)42-32-40-36(2)34-55(5,6)58-48(40)52(81(67,68)69)50(42)78-49(41)51(47)80(65,66)56-14-16-71-18-20-73-22-24-75-26-28-77-30-29-76-27-25-74-23-21-72-19-17-70-15-13-45(62)79-59-43(60)11-12-44(59)61/h7-10,31-32,35-36,56-57H,11-30,33-34H2,1-6H3,(H,63,64)(H,67,68,69).